The van der Waals surface area contributed by atoms with Crippen LogP contribution in [0.3, 0.4) is 0 Å². The van der Waals surface area contributed by atoms with Gasteiger partial charge in [0, 0.05) is 0 Å². The van der Waals surface area contributed by atoms with Gasteiger partial charge in [-0.15, -0.1) is 0 Å². The van der Waals surface area contributed by atoms with Crippen LogP contribution in [0.4, 0.5) is 13.2 Å². The van der Waals surface area contributed by atoms with Crippen molar-refractivity contribution in [2.45, 2.75) is 6.18 Å². The maximum atomic E-state index is 12.2. The maximum Gasteiger partial charge on any atom is 0.396 e. The first kappa shape index (κ1) is 10.0. The van der Waals surface area contributed by atoms with Crippen LogP contribution in [0.1, 0.15) is 5.56 Å². The van der Waals surface area contributed by atoms with Gasteiger partial charge in [-0.1, -0.05) is 42.5 Å². The molecule has 0 spiro atoms. The minimum absolute atomic E-state index is 0.209. The fraction of sp³-hybridized carbons (Fsp3) is 0.0833. The predicted molar refractivity (Wildman–Crippen MR) is 53.4 cm³/mol. The van der Waals surface area contributed by atoms with Gasteiger partial charge in [0.1, 0.15) is 0 Å². The van der Waals surface area contributed by atoms with E-state index in [1.165, 1.54) is 6.07 Å². The van der Waals surface area contributed by atoms with Gasteiger partial charge in [0.15, 0.2) is 0 Å². The van der Waals surface area contributed by atoms with Gasteiger partial charge in [0.05, 0.1) is 6.42 Å². The number of benzene rings is 2. The number of hydrogen-bond acceptors (Lipinski definition) is 0. The molecule has 0 amide bonds. The number of hydrogen-bond donors (Lipinski definition) is 0. The molecule has 0 bridgehead atoms. The van der Waals surface area contributed by atoms with Gasteiger partial charge in [-0.3, -0.25) is 0 Å². The molecule has 0 N–H and O–H groups in total. The first-order valence-electron chi connectivity index (χ1n) is 4.47. The number of halogens is 3. The molecule has 0 heterocycles. The van der Waals surface area contributed by atoms with Crippen LogP contribution < -0.4 is 0 Å². The lowest BCUT2D eigenvalue weighted by molar-refractivity contribution is -0.0926. The molecule has 2 aromatic carbocycles. The molecule has 0 aliphatic carbocycles. The molecule has 0 aliphatic rings. The lowest BCUT2D eigenvalue weighted by atomic mass is 10.0. The average molecular weight is 209 g/mol. The second kappa shape index (κ2) is 3.57. The van der Waals surface area contributed by atoms with E-state index in [4.69, 9.17) is 0 Å². The van der Waals surface area contributed by atoms with Crippen LogP contribution in [0, 0.1) is 6.42 Å². The Kier molecular flexibility index (Phi) is 2.39. The highest BCUT2D eigenvalue weighted by molar-refractivity contribution is 5.86. The summed E-state index contributed by atoms with van der Waals surface area (Å²) in [6, 6.07) is 11.9. The van der Waals surface area contributed by atoms with Gasteiger partial charge in [-0.2, -0.15) is 13.2 Å². The van der Waals surface area contributed by atoms with E-state index in [9.17, 15) is 13.2 Å². The first-order chi connectivity index (χ1) is 7.06. The molecule has 0 unspecified atom stereocenters. The van der Waals surface area contributed by atoms with E-state index in [0.29, 0.717) is 11.8 Å². The summed E-state index contributed by atoms with van der Waals surface area (Å²) in [4.78, 5) is 0. The van der Waals surface area contributed by atoms with Crippen LogP contribution in [0.2, 0.25) is 0 Å². The average Bonchev–Trinajstić information content (AvgIpc) is 2.16. The summed E-state index contributed by atoms with van der Waals surface area (Å²) in [7, 11) is 0. The third-order valence-electron chi connectivity index (χ3n) is 2.14. The van der Waals surface area contributed by atoms with Crippen LogP contribution in [-0.4, -0.2) is 6.18 Å². The molecule has 1 radical (unpaired) electrons. The van der Waals surface area contributed by atoms with Crippen molar-refractivity contribution in [3.8, 4) is 0 Å². The van der Waals surface area contributed by atoms with E-state index < -0.39 is 6.18 Å². The Morgan fingerprint density at radius 3 is 2.27 bits per heavy atom. The van der Waals surface area contributed by atoms with E-state index in [-0.39, 0.29) is 5.56 Å². The van der Waals surface area contributed by atoms with Crippen molar-refractivity contribution in [1.29, 1.82) is 0 Å². The van der Waals surface area contributed by atoms with Crippen LogP contribution in [-0.2, 0) is 0 Å². The Labute approximate surface area is 85.3 Å². The number of alkyl halides is 3. The van der Waals surface area contributed by atoms with Crippen LogP contribution in [0.25, 0.3) is 10.8 Å². The SMILES string of the molecule is FC(F)(F)[CH]c1cccc2ccccc12. The summed E-state index contributed by atoms with van der Waals surface area (Å²) in [5.41, 5.74) is 0.209. The van der Waals surface area contributed by atoms with E-state index in [1.807, 2.05) is 0 Å². The summed E-state index contributed by atoms with van der Waals surface area (Å²) in [5, 5.41) is 1.44. The lowest BCUT2D eigenvalue weighted by Gasteiger charge is -2.08. The topological polar surface area (TPSA) is 0 Å². The molecule has 2 aromatic rings. The molecule has 0 aromatic heterocycles. The third kappa shape index (κ3) is 2.29. The Hall–Kier alpha value is -1.51. The Morgan fingerprint density at radius 1 is 0.867 bits per heavy atom. The zero-order valence-corrected chi connectivity index (χ0v) is 7.75. The zero-order chi connectivity index (χ0) is 10.9. The molecule has 0 saturated heterocycles. The van der Waals surface area contributed by atoms with Crippen molar-refractivity contribution < 1.29 is 13.2 Å². The summed E-state index contributed by atoms with van der Waals surface area (Å²) in [6.07, 6.45) is -3.94. The largest absolute Gasteiger partial charge is 0.396 e. The van der Waals surface area contributed by atoms with E-state index in [1.54, 1.807) is 36.4 Å². The lowest BCUT2D eigenvalue weighted by Crippen LogP contribution is -2.08. The summed E-state index contributed by atoms with van der Waals surface area (Å²) < 4.78 is 36.6. The highest BCUT2D eigenvalue weighted by Gasteiger charge is 2.28. The van der Waals surface area contributed by atoms with Gasteiger partial charge in [-0.05, 0) is 16.3 Å². The van der Waals surface area contributed by atoms with E-state index >= 15 is 0 Å². The normalized spacial score (nSPS) is 11.9. The Morgan fingerprint density at radius 2 is 1.53 bits per heavy atom. The van der Waals surface area contributed by atoms with Gasteiger partial charge in [0.25, 0.3) is 0 Å². The fourth-order valence-corrected chi connectivity index (χ4v) is 1.55. The summed E-state index contributed by atoms with van der Waals surface area (Å²) in [6.45, 7) is 0. The summed E-state index contributed by atoms with van der Waals surface area (Å²) >= 11 is 0. The Bertz CT molecular complexity index is 466. The fourth-order valence-electron chi connectivity index (χ4n) is 1.55. The second-order valence-corrected chi connectivity index (χ2v) is 3.25. The van der Waals surface area contributed by atoms with Gasteiger partial charge in [0.2, 0.25) is 0 Å². The van der Waals surface area contributed by atoms with Gasteiger partial charge in [-0.25, -0.2) is 0 Å². The molecule has 2 rings (SSSR count). The molecule has 0 atom stereocenters. The molecular formula is C12H8F3. The molecule has 3 heteroatoms. The van der Waals surface area contributed by atoms with Crippen molar-refractivity contribution >= 4 is 10.8 Å². The van der Waals surface area contributed by atoms with Crippen LogP contribution >= 0.6 is 0 Å². The smallest absolute Gasteiger partial charge is 0.170 e. The minimum atomic E-state index is -4.27. The molecule has 0 saturated carbocycles. The van der Waals surface area contributed by atoms with E-state index in [2.05, 4.69) is 0 Å². The Balaban J connectivity index is 2.52. The van der Waals surface area contributed by atoms with Gasteiger partial charge >= 0.3 is 6.18 Å². The number of fused-ring (bicyclic) bond motifs is 1. The zero-order valence-electron chi connectivity index (χ0n) is 7.75. The molecule has 0 nitrogen and oxygen atoms in total. The molecule has 0 fully saturated rings. The predicted octanol–water partition coefficient (Wildman–Crippen LogP) is 3.95. The number of rotatable bonds is 1. The van der Waals surface area contributed by atoms with Crippen molar-refractivity contribution in [3.05, 3.63) is 54.4 Å². The monoisotopic (exact) mass is 209 g/mol. The summed E-state index contributed by atoms with van der Waals surface area (Å²) in [5.74, 6) is 0. The standard InChI is InChI=1S/C12H8F3/c13-12(14,15)8-10-6-3-5-9-4-1-2-7-11(9)10/h1-8H. The van der Waals surface area contributed by atoms with Gasteiger partial charge < -0.3 is 0 Å². The van der Waals surface area contributed by atoms with Crippen molar-refractivity contribution in [2.75, 3.05) is 0 Å². The highest BCUT2D eigenvalue weighted by atomic mass is 19.4. The molecule has 0 aliphatic heterocycles. The maximum absolute atomic E-state index is 12.2. The highest BCUT2D eigenvalue weighted by Crippen LogP contribution is 2.28. The molecular weight excluding hydrogens is 201 g/mol. The second-order valence-electron chi connectivity index (χ2n) is 3.25. The molecule has 15 heavy (non-hydrogen) atoms. The van der Waals surface area contributed by atoms with Crippen molar-refractivity contribution in [3.63, 3.8) is 0 Å². The van der Waals surface area contributed by atoms with Crippen molar-refractivity contribution in [2.24, 2.45) is 0 Å². The van der Waals surface area contributed by atoms with Crippen LogP contribution in [0.5, 0.6) is 0 Å². The quantitative estimate of drug-likeness (QED) is 0.667. The van der Waals surface area contributed by atoms with Crippen LogP contribution in [0.15, 0.2) is 42.5 Å². The van der Waals surface area contributed by atoms with E-state index in [0.717, 1.165) is 5.39 Å². The van der Waals surface area contributed by atoms with Crippen molar-refractivity contribution in [1.82, 2.24) is 0 Å². The minimum Gasteiger partial charge on any atom is -0.170 e. The molecule has 77 valence electrons. The first-order valence-corrected chi connectivity index (χ1v) is 4.47. The third-order valence-corrected chi connectivity index (χ3v) is 2.14.